The first-order chi connectivity index (χ1) is 29.5. The number of unbranched alkanes of at least 4 members (excludes halogenated alkanes) is 27. The summed E-state index contributed by atoms with van der Waals surface area (Å²) in [5.41, 5.74) is 0. The van der Waals surface area contributed by atoms with E-state index in [-0.39, 0.29) is 31.1 Å². The number of ether oxygens (including phenoxy) is 3. The minimum Gasteiger partial charge on any atom is -0.462 e. The van der Waals surface area contributed by atoms with Crippen LogP contribution < -0.4 is 0 Å². The molecule has 0 saturated heterocycles. The molecule has 0 aliphatic rings. The molecule has 60 heavy (non-hydrogen) atoms. The smallest absolute Gasteiger partial charge is 0.306 e. The Morgan fingerprint density at radius 1 is 0.350 bits per heavy atom. The quantitative estimate of drug-likeness (QED) is 0.0263. The fourth-order valence-electron chi connectivity index (χ4n) is 7.22. The van der Waals surface area contributed by atoms with Gasteiger partial charge >= 0.3 is 17.9 Å². The van der Waals surface area contributed by atoms with Crippen LogP contribution in [0.5, 0.6) is 0 Å². The Labute approximate surface area is 371 Å². The number of hydrogen-bond acceptors (Lipinski definition) is 6. The molecular formula is C54H96O6. The topological polar surface area (TPSA) is 78.9 Å². The van der Waals surface area contributed by atoms with Gasteiger partial charge in [0.25, 0.3) is 0 Å². The van der Waals surface area contributed by atoms with E-state index in [4.69, 9.17) is 14.2 Å². The molecule has 1 atom stereocenters. The maximum Gasteiger partial charge on any atom is 0.306 e. The van der Waals surface area contributed by atoms with Crippen molar-refractivity contribution in [3.05, 3.63) is 48.6 Å². The van der Waals surface area contributed by atoms with Gasteiger partial charge in [0.05, 0.1) is 0 Å². The minimum atomic E-state index is -0.785. The summed E-state index contributed by atoms with van der Waals surface area (Å²) in [5, 5.41) is 0. The third kappa shape index (κ3) is 46.4. The lowest BCUT2D eigenvalue weighted by Gasteiger charge is -2.18. The van der Waals surface area contributed by atoms with E-state index in [1.54, 1.807) is 0 Å². The molecule has 0 heterocycles. The van der Waals surface area contributed by atoms with Gasteiger partial charge in [-0.2, -0.15) is 0 Å². The highest BCUT2D eigenvalue weighted by Gasteiger charge is 2.19. The van der Waals surface area contributed by atoms with E-state index < -0.39 is 6.10 Å². The fraction of sp³-hybridized carbons (Fsp3) is 0.796. The molecule has 348 valence electrons. The maximum absolute atomic E-state index is 12.8. The van der Waals surface area contributed by atoms with E-state index >= 15 is 0 Å². The van der Waals surface area contributed by atoms with Crippen molar-refractivity contribution in [2.75, 3.05) is 13.2 Å². The molecule has 0 amide bonds. The third-order valence-electron chi connectivity index (χ3n) is 11.1. The lowest BCUT2D eigenvalue weighted by atomic mass is 10.0. The van der Waals surface area contributed by atoms with Crippen LogP contribution in [-0.4, -0.2) is 37.2 Å². The summed E-state index contributed by atoms with van der Waals surface area (Å²) in [6.45, 7) is 6.50. The Hall–Kier alpha value is -2.63. The summed E-state index contributed by atoms with van der Waals surface area (Å²) in [7, 11) is 0. The van der Waals surface area contributed by atoms with Crippen molar-refractivity contribution in [2.24, 2.45) is 0 Å². The molecule has 6 nitrogen and oxygen atoms in total. The SMILES string of the molecule is CC/C=C\C/C=C\C/C=C\CCCCCC(=O)OCC(COC(=O)CCCCCCCCCCCCCCCCC)OC(=O)CCCCCCC/C=C\CCCCCCC. The van der Waals surface area contributed by atoms with Gasteiger partial charge in [-0.25, -0.2) is 0 Å². The molecule has 0 aromatic rings. The molecule has 0 saturated carbocycles. The Bertz CT molecular complexity index is 1060. The molecule has 0 fully saturated rings. The van der Waals surface area contributed by atoms with Gasteiger partial charge in [-0.15, -0.1) is 0 Å². The van der Waals surface area contributed by atoms with Crippen molar-refractivity contribution in [1.82, 2.24) is 0 Å². The molecule has 0 aromatic carbocycles. The van der Waals surface area contributed by atoms with Crippen LogP contribution in [0.3, 0.4) is 0 Å². The predicted octanol–water partition coefficient (Wildman–Crippen LogP) is 16.7. The van der Waals surface area contributed by atoms with Crippen LogP contribution in [0.15, 0.2) is 48.6 Å². The number of carbonyl (C=O) groups is 3. The number of esters is 3. The normalized spacial score (nSPS) is 12.4. The molecule has 0 rings (SSSR count). The van der Waals surface area contributed by atoms with Gasteiger partial charge in [0.2, 0.25) is 0 Å². The second kappa shape index (κ2) is 49.0. The van der Waals surface area contributed by atoms with Crippen LogP contribution in [0.2, 0.25) is 0 Å². The molecule has 0 bridgehead atoms. The second-order valence-electron chi connectivity index (χ2n) is 17.1. The van der Waals surface area contributed by atoms with Gasteiger partial charge in [-0.05, 0) is 77.0 Å². The average Bonchev–Trinajstić information content (AvgIpc) is 3.24. The molecule has 6 heteroatoms. The number of allylic oxidation sites excluding steroid dienone is 8. The summed E-state index contributed by atoms with van der Waals surface area (Å²) in [6.07, 6.45) is 58.1. The van der Waals surface area contributed by atoms with E-state index in [9.17, 15) is 14.4 Å². The van der Waals surface area contributed by atoms with Crippen molar-refractivity contribution in [3.63, 3.8) is 0 Å². The lowest BCUT2D eigenvalue weighted by Crippen LogP contribution is -2.30. The third-order valence-corrected chi connectivity index (χ3v) is 11.1. The minimum absolute atomic E-state index is 0.0835. The Balaban J connectivity index is 4.40. The molecular weight excluding hydrogens is 745 g/mol. The van der Waals surface area contributed by atoms with Crippen molar-refractivity contribution < 1.29 is 28.6 Å². The van der Waals surface area contributed by atoms with Crippen LogP contribution in [0.1, 0.15) is 258 Å². The van der Waals surface area contributed by atoms with E-state index in [1.807, 2.05) is 0 Å². The zero-order valence-corrected chi connectivity index (χ0v) is 39.7. The van der Waals surface area contributed by atoms with E-state index in [0.29, 0.717) is 19.3 Å². The van der Waals surface area contributed by atoms with E-state index in [1.165, 1.54) is 122 Å². The van der Waals surface area contributed by atoms with Crippen molar-refractivity contribution in [2.45, 2.75) is 264 Å². The Morgan fingerprint density at radius 3 is 1.05 bits per heavy atom. The van der Waals surface area contributed by atoms with Gasteiger partial charge < -0.3 is 14.2 Å². The summed E-state index contributed by atoms with van der Waals surface area (Å²) in [6, 6.07) is 0. The highest BCUT2D eigenvalue weighted by atomic mass is 16.6. The number of rotatable bonds is 46. The lowest BCUT2D eigenvalue weighted by molar-refractivity contribution is -0.167. The van der Waals surface area contributed by atoms with Crippen LogP contribution >= 0.6 is 0 Å². The molecule has 0 N–H and O–H groups in total. The second-order valence-corrected chi connectivity index (χ2v) is 17.1. The Morgan fingerprint density at radius 2 is 0.650 bits per heavy atom. The zero-order valence-electron chi connectivity index (χ0n) is 39.7. The van der Waals surface area contributed by atoms with Crippen LogP contribution in [-0.2, 0) is 28.6 Å². The molecule has 0 aromatic heterocycles. The molecule has 0 aliphatic heterocycles. The molecule has 0 aliphatic carbocycles. The summed E-state index contributed by atoms with van der Waals surface area (Å²) in [4.78, 5) is 37.9. The number of carbonyl (C=O) groups excluding carboxylic acids is 3. The molecule has 0 radical (unpaired) electrons. The summed E-state index contributed by atoms with van der Waals surface area (Å²) >= 11 is 0. The fourth-order valence-corrected chi connectivity index (χ4v) is 7.22. The van der Waals surface area contributed by atoms with E-state index in [0.717, 1.165) is 96.3 Å². The summed E-state index contributed by atoms with van der Waals surface area (Å²) in [5.74, 6) is -0.916. The maximum atomic E-state index is 12.8. The standard InChI is InChI=1S/C54H96O6/c1-4-7-10-13-16-19-22-25-27-30-32-35-38-41-44-47-53(56)59-50-51(49-58-52(55)46-43-40-37-34-31-28-24-21-18-15-12-9-6-3)60-54(57)48-45-42-39-36-33-29-26-23-20-17-14-11-8-5-2/h9,12,18,21,23,26,28,31,51H,4-8,10-11,13-17,19-20,22,24-25,27,29-30,32-50H2,1-3H3/b12-9-,21-18-,26-23-,31-28-. The zero-order chi connectivity index (χ0) is 43.7. The van der Waals surface area contributed by atoms with Crippen molar-refractivity contribution >= 4 is 17.9 Å². The van der Waals surface area contributed by atoms with Gasteiger partial charge in [-0.3, -0.25) is 14.4 Å². The monoisotopic (exact) mass is 841 g/mol. The van der Waals surface area contributed by atoms with Gasteiger partial charge in [0, 0.05) is 19.3 Å². The average molecular weight is 841 g/mol. The first kappa shape index (κ1) is 57.4. The predicted molar refractivity (Wildman–Crippen MR) is 256 cm³/mol. The number of hydrogen-bond donors (Lipinski definition) is 0. The molecule has 0 spiro atoms. The van der Waals surface area contributed by atoms with Gasteiger partial charge in [0.15, 0.2) is 6.10 Å². The first-order valence-corrected chi connectivity index (χ1v) is 25.6. The van der Waals surface area contributed by atoms with Crippen LogP contribution in [0.25, 0.3) is 0 Å². The van der Waals surface area contributed by atoms with Crippen LogP contribution in [0.4, 0.5) is 0 Å². The first-order valence-electron chi connectivity index (χ1n) is 25.6. The van der Waals surface area contributed by atoms with Crippen LogP contribution in [0, 0.1) is 0 Å². The van der Waals surface area contributed by atoms with Crippen molar-refractivity contribution in [1.29, 1.82) is 0 Å². The largest absolute Gasteiger partial charge is 0.462 e. The summed E-state index contributed by atoms with van der Waals surface area (Å²) < 4.78 is 16.8. The van der Waals surface area contributed by atoms with E-state index in [2.05, 4.69) is 69.4 Å². The van der Waals surface area contributed by atoms with Crippen molar-refractivity contribution in [3.8, 4) is 0 Å². The van der Waals surface area contributed by atoms with Gasteiger partial charge in [-0.1, -0.05) is 211 Å². The molecule has 1 unspecified atom stereocenters. The Kier molecular flexibility index (Phi) is 46.9. The van der Waals surface area contributed by atoms with Gasteiger partial charge in [0.1, 0.15) is 13.2 Å². The highest BCUT2D eigenvalue weighted by molar-refractivity contribution is 5.71. The highest BCUT2D eigenvalue weighted by Crippen LogP contribution is 2.15.